The van der Waals surface area contributed by atoms with Crippen molar-refractivity contribution in [2.45, 2.75) is 18.8 Å². The van der Waals surface area contributed by atoms with Gasteiger partial charge < -0.3 is 5.32 Å². The van der Waals surface area contributed by atoms with Crippen LogP contribution in [0.15, 0.2) is 30.5 Å². The van der Waals surface area contributed by atoms with Crippen LogP contribution in [0.3, 0.4) is 0 Å². The van der Waals surface area contributed by atoms with E-state index in [0.717, 1.165) is 23.9 Å². The van der Waals surface area contributed by atoms with Gasteiger partial charge in [-0.1, -0.05) is 23.2 Å². The molecule has 1 amide bonds. The van der Waals surface area contributed by atoms with E-state index in [4.69, 9.17) is 23.2 Å². The number of anilines is 1. The predicted molar refractivity (Wildman–Crippen MR) is 94.9 cm³/mol. The van der Waals surface area contributed by atoms with Crippen LogP contribution in [0.25, 0.3) is 10.9 Å². The molecule has 0 aliphatic heterocycles. The molecule has 1 aliphatic rings. The fourth-order valence-corrected chi connectivity index (χ4v) is 3.30. The van der Waals surface area contributed by atoms with Gasteiger partial charge in [0.05, 0.1) is 21.8 Å². The van der Waals surface area contributed by atoms with E-state index in [2.05, 4.69) is 15.4 Å². The Morgan fingerprint density at radius 1 is 1.29 bits per heavy atom. The number of carbonyl (C=O) groups excluding carboxylic acids is 1. The Labute approximate surface area is 148 Å². The second-order valence-electron chi connectivity index (χ2n) is 5.98. The first-order chi connectivity index (χ1) is 11.5. The molecule has 1 aromatic carbocycles. The van der Waals surface area contributed by atoms with E-state index < -0.39 is 0 Å². The minimum atomic E-state index is -0.204. The van der Waals surface area contributed by atoms with Gasteiger partial charge in [0.25, 0.3) is 5.91 Å². The Morgan fingerprint density at radius 2 is 2.08 bits per heavy atom. The van der Waals surface area contributed by atoms with Gasteiger partial charge in [-0.15, -0.1) is 0 Å². The maximum Gasteiger partial charge on any atom is 0.260 e. The summed E-state index contributed by atoms with van der Waals surface area (Å²) in [5, 5.41) is 9.08. The van der Waals surface area contributed by atoms with Crippen molar-refractivity contribution < 1.29 is 4.79 Å². The molecule has 0 bridgehead atoms. The van der Waals surface area contributed by atoms with Crippen molar-refractivity contribution in [2.75, 3.05) is 5.32 Å². The van der Waals surface area contributed by atoms with Crippen LogP contribution < -0.4 is 5.32 Å². The van der Waals surface area contributed by atoms with E-state index >= 15 is 0 Å². The van der Waals surface area contributed by atoms with E-state index in [9.17, 15) is 4.79 Å². The molecule has 1 aliphatic carbocycles. The zero-order valence-corrected chi connectivity index (χ0v) is 14.4. The number of pyridine rings is 1. The molecule has 5 nitrogen and oxygen atoms in total. The molecule has 0 spiro atoms. The molecular weight excluding hydrogens is 347 g/mol. The number of carbonyl (C=O) groups is 1. The Hall–Kier alpha value is -2.11. The highest BCUT2D eigenvalue weighted by Gasteiger charge is 2.31. The number of nitrogens with zero attached hydrogens (tertiary/aromatic N) is 3. The number of hydrogen-bond donors (Lipinski definition) is 1. The molecule has 3 aromatic rings. The second-order valence-corrected chi connectivity index (χ2v) is 6.82. The van der Waals surface area contributed by atoms with Crippen molar-refractivity contribution in [1.82, 2.24) is 14.8 Å². The number of aromatic nitrogens is 3. The molecule has 1 N–H and O–H groups in total. The summed E-state index contributed by atoms with van der Waals surface area (Å²) in [6.45, 7) is 0. The zero-order chi connectivity index (χ0) is 16.8. The molecule has 2 heterocycles. The van der Waals surface area contributed by atoms with Crippen LogP contribution in [-0.4, -0.2) is 20.7 Å². The Kier molecular flexibility index (Phi) is 3.70. The van der Waals surface area contributed by atoms with Crippen LogP contribution in [0.4, 0.5) is 5.82 Å². The molecule has 1 fully saturated rings. The molecular formula is C17H14Cl2N4O. The average molecular weight is 361 g/mol. The molecule has 0 unspecified atom stereocenters. The number of fused-ring (bicyclic) bond motifs is 1. The molecule has 0 saturated heterocycles. The van der Waals surface area contributed by atoms with Gasteiger partial charge in [0.15, 0.2) is 0 Å². The van der Waals surface area contributed by atoms with Crippen molar-refractivity contribution in [3.8, 4) is 0 Å². The van der Waals surface area contributed by atoms with Crippen LogP contribution >= 0.6 is 23.2 Å². The molecule has 0 atom stereocenters. The first kappa shape index (κ1) is 15.4. The molecule has 0 radical (unpaired) electrons. The number of hydrogen-bond acceptors (Lipinski definition) is 3. The predicted octanol–water partition coefficient (Wildman–Crippen LogP) is 4.40. The Morgan fingerprint density at radius 3 is 2.83 bits per heavy atom. The van der Waals surface area contributed by atoms with Crippen molar-refractivity contribution in [2.24, 2.45) is 7.05 Å². The van der Waals surface area contributed by atoms with Gasteiger partial charge in [-0.25, -0.2) is 4.98 Å². The number of rotatable bonds is 3. The van der Waals surface area contributed by atoms with Crippen LogP contribution in [0.5, 0.6) is 0 Å². The van der Waals surface area contributed by atoms with Gasteiger partial charge in [-0.3, -0.25) is 9.48 Å². The second kappa shape index (κ2) is 5.76. The highest BCUT2D eigenvalue weighted by atomic mass is 35.5. The van der Waals surface area contributed by atoms with Gasteiger partial charge in [-0.2, -0.15) is 5.10 Å². The zero-order valence-electron chi connectivity index (χ0n) is 12.9. The monoisotopic (exact) mass is 360 g/mol. The van der Waals surface area contributed by atoms with Crippen LogP contribution in [0, 0.1) is 0 Å². The Balaban J connectivity index is 1.65. The number of aryl methyl sites for hydroxylation is 1. The van der Waals surface area contributed by atoms with E-state index in [1.807, 2.05) is 13.1 Å². The average Bonchev–Trinajstić information content (AvgIpc) is 3.29. The normalized spacial score (nSPS) is 14.1. The molecule has 24 heavy (non-hydrogen) atoms. The topological polar surface area (TPSA) is 59.8 Å². The number of benzene rings is 1. The molecule has 2 aromatic heterocycles. The van der Waals surface area contributed by atoms with Gasteiger partial charge >= 0.3 is 0 Å². The van der Waals surface area contributed by atoms with Crippen LogP contribution in [0.2, 0.25) is 10.0 Å². The highest BCUT2D eigenvalue weighted by Crippen LogP contribution is 2.40. The maximum absolute atomic E-state index is 12.6. The summed E-state index contributed by atoms with van der Waals surface area (Å²) in [5.74, 6) is 0.649. The van der Waals surface area contributed by atoms with Gasteiger partial charge in [0, 0.05) is 29.6 Å². The third kappa shape index (κ3) is 2.85. The molecule has 7 heteroatoms. The number of amides is 1. The third-order valence-corrected chi connectivity index (χ3v) is 4.56. The summed E-state index contributed by atoms with van der Waals surface area (Å²) < 4.78 is 1.68. The van der Waals surface area contributed by atoms with Gasteiger partial charge in [0.2, 0.25) is 0 Å². The minimum absolute atomic E-state index is 0.204. The van der Waals surface area contributed by atoms with Crippen LogP contribution in [0.1, 0.15) is 34.8 Å². The summed E-state index contributed by atoms with van der Waals surface area (Å²) >= 11 is 12.2. The number of nitrogens with one attached hydrogen (secondary N) is 1. The number of halogens is 2. The lowest BCUT2D eigenvalue weighted by Gasteiger charge is -2.07. The summed E-state index contributed by atoms with van der Waals surface area (Å²) in [5.41, 5.74) is 2.10. The fourth-order valence-electron chi connectivity index (χ4n) is 2.75. The summed E-state index contributed by atoms with van der Waals surface area (Å²) in [6.07, 6.45) is 3.92. The standard InChI is InChI=1S/C17H14Cl2N4O/c1-23-8-12(16(22-23)9-2-3-9)17(24)21-15-5-4-11-13(19)6-10(18)7-14(11)20-15/h4-9H,2-3H2,1H3,(H,20,21,24). The van der Waals surface area contributed by atoms with Crippen molar-refractivity contribution >= 4 is 45.8 Å². The van der Waals surface area contributed by atoms with E-state index in [0.29, 0.717) is 32.9 Å². The third-order valence-electron chi connectivity index (χ3n) is 4.03. The summed E-state index contributed by atoms with van der Waals surface area (Å²) in [6, 6.07) is 6.94. The van der Waals surface area contributed by atoms with E-state index in [1.165, 1.54) is 0 Å². The van der Waals surface area contributed by atoms with Crippen molar-refractivity contribution in [3.05, 3.63) is 51.8 Å². The summed E-state index contributed by atoms with van der Waals surface area (Å²) in [4.78, 5) is 17.0. The maximum atomic E-state index is 12.6. The minimum Gasteiger partial charge on any atom is -0.306 e. The smallest absolute Gasteiger partial charge is 0.260 e. The highest BCUT2D eigenvalue weighted by molar-refractivity contribution is 6.38. The lowest BCUT2D eigenvalue weighted by molar-refractivity contribution is 0.102. The van der Waals surface area contributed by atoms with Crippen molar-refractivity contribution in [1.29, 1.82) is 0 Å². The largest absolute Gasteiger partial charge is 0.306 e. The SMILES string of the molecule is Cn1cc(C(=O)Nc2ccc3c(Cl)cc(Cl)cc3n2)c(C2CC2)n1. The lowest BCUT2D eigenvalue weighted by Crippen LogP contribution is -2.14. The first-order valence-electron chi connectivity index (χ1n) is 7.62. The Bertz CT molecular complexity index is 963. The van der Waals surface area contributed by atoms with E-state index in [-0.39, 0.29) is 5.91 Å². The van der Waals surface area contributed by atoms with Crippen LogP contribution in [-0.2, 0) is 7.05 Å². The quantitative estimate of drug-likeness (QED) is 0.752. The molecule has 4 rings (SSSR count). The molecule has 1 saturated carbocycles. The lowest BCUT2D eigenvalue weighted by atomic mass is 10.1. The fraction of sp³-hybridized carbons (Fsp3) is 0.235. The molecule has 122 valence electrons. The summed E-state index contributed by atoms with van der Waals surface area (Å²) in [7, 11) is 1.82. The van der Waals surface area contributed by atoms with Gasteiger partial charge in [0.1, 0.15) is 5.82 Å². The van der Waals surface area contributed by atoms with Crippen molar-refractivity contribution in [3.63, 3.8) is 0 Å². The van der Waals surface area contributed by atoms with Gasteiger partial charge in [-0.05, 0) is 37.1 Å². The van der Waals surface area contributed by atoms with E-state index in [1.54, 1.807) is 29.1 Å². The first-order valence-corrected chi connectivity index (χ1v) is 8.37.